The maximum atomic E-state index is 11.7. The second kappa shape index (κ2) is 5.76. The van der Waals surface area contributed by atoms with E-state index in [1.165, 1.54) is 5.56 Å². The molecule has 1 rings (SSSR count). The summed E-state index contributed by atoms with van der Waals surface area (Å²) in [6.07, 6.45) is 0.804. The molecule has 1 aromatic carbocycles. The highest BCUT2D eigenvalue weighted by molar-refractivity contribution is 6.17. The van der Waals surface area contributed by atoms with Crippen LogP contribution in [0.4, 0.5) is 0 Å². The molecular formula is C12H16ClNO. The second-order valence-electron chi connectivity index (χ2n) is 3.62. The third-order valence-electron chi connectivity index (χ3n) is 2.22. The molecule has 15 heavy (non-hydrogen) atoms. The molecule has 2 nitrogen and oxygen atoms in total. The molecule has 0 saturated heterocycles. The molecule has 0 radical (unpaired) electrons. The van der Waals surface area contributed by atoms with Crippen LogP contribution in [0, 0.1) is 13.8 Å². The highest BCUT2D eigenvalue weighted by Gasteiger charge is 2.07. The zero-order valence-electron chi connectivity index (χ0n) is 9.14. The summed E-state index contributed by atoms with van der Waals surface area (Å²) in [7, 11) is 0. The number of carbonyl (C=O) groups excluding carboxylic acids is 1. The van der Waals surface area contributed by atoms with E-state index in [-0.39, 0.29) is 5.91 Å². The summed E-state index contributed by atoms with van der Waals surface area (Å²) in [5.74, 6) is 0.560. The lowest BCUT2D eigenvalue weighted by molar-refractivity contribution is 0.0953. The van der Waals surface area contributed by atoms with Gasteiger partial charge in [-0.3, -0.25) is 4.79 Å². The van der Waals surface area contributed by atoms with Crippen LogP contribution in [0.2, 0.25) is 0 Å². The lowest BCUT2D eigenvalue weighted by atomic mass is 10.1. The quantitative estimate of drug-likeness (QED) is 0.620. The predicted molar refractivity (Wildman–Crippen MR) is 63.6 cm³/mol. The molecule has 0 fully saturated rings. The van der Waals surface area contributed by atoms with E-state index in [1.54, 1.807) is 0 Å². The Bertz CT molecular complexity index is 349. The summed E-state index contributed by atoms with van der Waals surface area (Å²) < 4.78 is 0. The number of rotatable bonds is 4. The van der Waals surface area contributed by atoms with Crippen LogP contribution in [0.25, 0.3) is 0 Å². The van der Waals surface area contributed by atoms with E-state index >= 15 is 0 Å². The van der Waals surface area contributed by atoms with Gasteiger partial charge in [0.1, 0.15) is 0 Å². The summed E-state index contributed by atoms with van der Waals surface area (Å²) in [5.41, 5.74) is 2.93. The van der Waals surface area contributed by atoms with E-state index in [0.29, 0.717) is 12.4 Å². The van der Waals surface area contributed by atoms with Gasteiger partial charge in [-0.15, -0.1) is 11.6 Å². The van der Waals surface area contributed by atoms with Crippen molar-refractivity contribution in [2.75, 3.05) is 12.4 Å². The fourth-order valence-electron chi connectivity index (χ4n) is 1.43. The predicted octanol–water partition coefficient (Wildman–Crippen LogP) is 2.66. The van der Waals surface area contributed by atoms with Gasteiger partial charge in [-0.1, -0.05) is 17.7 Å². The molecule has 1 N–H and O–H groups in total. The largest absolute Gasteiger partial charge is 0.352 e. The first-order chi connectivity index (χ1) is 7.15. The Labute approximate surface area is 95.6 Å². The minimum atomic E-state index is -0.0161. The van der Waals surface area contributed by atoms with Gasteiger partial charge in [0.2, 0.25) is 0 Å². The molecule has 0 aliphatic rings. The molecule has 1 amide bonds. The normalized spacial score (nSPS) is 10.1. The summed E-state index contributed by atoms with van der Waals surface area (Å²) >= 11 is 5.53. The van der Waals surface area contributed by atoms with Gasteiger partial charge in [0.25, 0.3) is 5.91 Å². The standard InChI is InChI=1S/C12H16ClNO/c1-9-4-5-11(10(2)8-9)12(15)14-7-3-6-13/h4-5,8H,3,6-7H2,1-2H3,(H,14,15). The molecular weight excluding hydrogens is 210 g/mol. The minimum absolute atomic E-state index is 0.0161. The van der Waals surface area contributed by atoms with Crippen molar-refractivity contribution in [3.05, 3.63) is 34.9 Å². The lowest BCUT2D eigenvalue weighted by Crippen LogP contribution is -2.25. The monoisotopic (exact) mass is 225 g/mol. The average Bonchev–Trinajstić information content (AvgIpc) is 2.17. The highest BCUT2D eigenvalue weighted by atomic mass is 35.5. The van der Waals surface area contributed by atoms with Crippen molar-refractivity contribution in [1.29, 1.82) is 0 Å². The van der Waals surface area contributed by atoms with Gasteiger partial charge >= 0.3 is 0 Å². The van der Waals surface area contributed by atoms with Crippen molar-refractivity contribution in [3.8, 4) is 0 Å². The maximum absolute atomic E-state index is 11.7. The van der Waals surface area contributed by atoms with Crippen LogP contribution in [0.3, 0.4) is 0 Å². The number of carbonyl (C=O) groups is 1. The molecule has 0 aliphatic carbocycles. The van der Waals surface area contributed by atoms with Crippen molar-refractivity contribution in [2.24, 2.45) is 0 Å². The molecule has 1 aromatic rings. The van der Waals surface area contributed by atoms with Gasteiger partial charge in [0.15, 0.2) is 0 Å². The van der Waals surface area contributed by atoms with Crippen LogP contribution in [-0.4, -0.2) is 18.3 Å². The van der Waals surface area contributed by atoms with Gasteiger partial charge in [0, 0.05) is 18.0 Å². The van der Waals surface area contributed by atoms with E-state index in [4.69, 9.17) is 11.6 Å². The highest BCUT2D eigenvalue weighted by Crippen LogP contribution is 2.10. The van der Waals surface area contributed by atoms with Gasteiger partial charge in [-0.2, -0.15) is 0 Å². The molecule has 0 aromatic heterocycles. The molecule has 0 spiro atoms. The van der Waals surface area contributed by atoms with Gasteiger partial charge in [0.05, 0.1) is 0 Å². The number of amides is 1. The molecule has 0 bridgehead atoms. The Morgan fingerprint density at radius 3 is 2.73 bits per heavy atom. The average molecular weight is 226 g/mol. The van der Waals surface area contributed by atoms with E-state index in [2.05, 4.69) is 5.32 Å². The summed E-state index contributed by atoms with van der Waals surface area (Å²) in [4.78, 5) is 11.7. The Hall–Kier alpha value is -1.02. The van der Waals surface area contributed by atoms with E-state index in [1.807, 2.05) is 32.0 Å². The Morgan fingerprint density at radius 1 is 1.40 bits per heavy atom. The topological polar surface area (TPSA) is 29.1 Å². The Balaban J connectivity index is 2.65. The number of hydrogen-bond donors (Lipinski definition) is 1. The molecule has 0 saturated carbocycles. The molecule has 82 valence electrons. The number of alkyl halides is 1. The second-order valence-corrected chi connectivity index (χ2v) is 3.99. The number of halogens is 1. The first-order valence-corrected chi connectivity index (χ1v) is 5.60. The fraction of sp³-hybridized carbons (Fsp3) is 0.417. The zero-order valence-corrected chi connectivity index (χ0v) is 9.90. The zero-order chi connectivity index (χ0) is 11.3. The Morgan fingerprint density at radius 2 is 2.13 bits per heavy atom. The molecule has 0 atom stereocenters. The van der Waals surface area contributed by atoms with Crippen molar-refractivity contribution in [1.82, 2.24) is 5.32 Å². The third-order valence-corrected chi connectivity index (χ3v) is 2.49. The van der Waals surface area contributed by atoms with Gasteiger partial charge < -0.3 is 5.32 Å². The van der Waals surface area contributed by atoms with E-state index in [9.17, 15) is 4.79 Å². The van der Waals surface area contributed by atoms with Crippen LogP contribution in [0.5, 0.6) is 0 Å². The minimum Gasteiger partial charge on any atom is -0.352 e. The molecule has 0 heterocycles. The van der Waals surface area contributed by atoms with E-state index < -0.39 is 0 Å². The van der Waals surface area contributed by atoms with Gasteiger partial charge in [-0.05, 0) is 31.9 Å². The van der Waals surface area contributed by atoms with Crippen LogP contribution >= 0.6 is 11.6 Å². The number of benzene rings is 1. The fourth-order valence-corrected chi connectivity index (χ4v) is 1.57. The first kappa shape index (κ1) is 12.1. The Kier molecular flexibility index (Phi) is 4.63. The SMILES string of the molecule is Cc1ccc(C(=O)NCCCCl)c(C)c1. The van der Waals surface area contributed by atoms with E-state index in [0.717, 1.165) is 17.5 Å². The summed E-state index contributed by atoms with van der Waals surface area (Å²) in [5, 5.41) is 2.84. The van der Waals surface area contributed by atoms with Crippen molar-refractivity contribution < 1.29 is 4.79 Å². The number of hydrogen-bond acceptors (Lipinski definition) is 1. The van der Waals surface area contributed by atoms with Gasteiger partial charge in [-0.25, -0.2) is 0 Å². The van der Waals surface area contributed by atoms with Crippen molar-refractivity contribution >= 4 is 17.5 Å². The lowest BCUT2D eigenvalue weighted by Gasteiger charge is -2.07. The molecule has 0 unspecified atom stereocenters. The first-order valence-electron chi connectivity index (χ1n) is 5.06. The van der Waals surface area contributed by atoms with Crippen LogP contribution in [0.1, 0.15) is 27.9 Å². The summed E-state index contributed by atoms with van der Waals surface area (Å²) in [6.45, 7) is 4.60. The maximum Gasteiger partial charge on any atom is 0.251 e. The molecule has 0 aliphatic heterocycles. The number of aryl methyl sites for hydroxylation is 2. The molecule has 3 heteroatoms. The smallest absolute Gasteiger partial charge is 0.251 e. The van der Waals surface area contributed by atoms with Crippen LogP contribution < -0.4 is 5.32 Å². The van der Waals surface area contributed by atoms with Crippen molar-refractivity contribution in [2.45, 2.75) is 20.3 Å². The van der Waals surface area contributed by atoms with Crippen molar-refractivity contribution in [3.63, 3.8) is 0 Å². The summed E-state index contributed by atoms with van der Waals surface area (Å²) in [6, 6.07) is 5.82. The number of nitrogens with one attached hydrogen (secondary N) is 1. The van der Waals surface area contributed by atoms with Crippen LogP contribution in [0.15, 0.2) is 18.2 Å². The third kappa shape index (κ3) is 3.56. The van der Waals surface area contributed by atoms with Crippen LogP contribution in [-0.2, 0) is 0 Å².